The number of hydrogen-bond donors (Lipinski definition) is 0. The van der Waals surface area contributed by atoms with Gasteiger partial charge in [0, 0.05) is 52.4 Å². The van der Waals surface area contributed by atoms with Gasteiger partial charge in [0.15, 0.2) is 0 Å². The summed E-state index contributed by atoms with van der Waals surface area (Å²) in [6.07, 6.45) is 7.29. The van der Waals surface area contributed by atoms with Crippen molar-refractivity contribution in [1.82, 2.24) is 9.88 Å². The van der Waals surface area contributed by atoms with E-state index in [0.717, 1.165) is 38.8 Å². The van der Waals surface area contributed by atoms with E-state index in [1.54, 1.807) is 7.11 Å². The third-order valence-electron chi connectivity index (χ3n) is 4.50. The van der Waals surface area contributed by atoms with Crippen LogP contribution in [0, 0.1) is 5.92 Å². The van der Waals surface area contributed by atoms with Gasteiger partial charge in [-0.05, 0) is 42.9 Å². The first-order valence-electron chi connectivity index (χ1n) is 7.54. The van der Waals surface area contributed by atoms with E-state index in [1.807, 2.05) is 12.4 Å². The van der Waals surface area contributed by atoms with E-state index < -0.39 is 0 Å². The highest BCUT2D eigenvalue weighted by atomic mass is 16.5. The summed E-state index contributed by atoms with van der Waals surface area (Å²) >= 11 is 0. The number of hydrogen-bond acceptors (Lipinski definition) is 4. The van der Waals surface area contributed by atoms with Crippen LogP contribution in [0.25, 0.3) is 0 Å². The van der Waals surface area contributed by atoms with Crippen LogP contribution in [0.3, 0.4) is 0 Å². The fourth-order valence-electron chi connectivity index (χ4n) is 3.51. The van der Waals surface area contributed by atoms with E-state index in [-0.39, 0.29) is 5.60 Å². The molecule has 20 heavy (non-hydrogen) atoms. The Morgan fingerprint density at radius 1 is 1.40 bits per heavy atom. The second-order valence-electron chi connectivity index (χ2n) is 6.17. The molecule has 0 radical (unpaired) electrons. The first-order chi connectivity index (χ1) is 9.80. The third-order valence-corrected chi connectivity index (χ3v) is 4.50. The number of aromatic nitrogens is 1. The van der Waals surface area contributed by atoms with E-state index in [2.05, 4.69) is 22.0 Å². The van der Waals surface area contributed by atoms with Crippen molar-refractivity contribution < 1.29 is 9.47 Å². The number of methoxy groups -OCH3 is 1. The summed E-state index contributed by atoms with van der Waals surface area (Å²) in [4.78, 5) is 6.53. The van der Waals surface area contributed by atoms with Crippen LogP contribution in [0.2, 0.25) is 0 Å². The van der Waals surface area contributed by atoms with Gasteiger partial charge in [-0.2, -0.15) is 0 Å². The van der Waals surface area contributed by atoms with Crippen LogP contribution < -0.4 is 0 Å². The fourth-order valence-corrected chi connectivity index (χ4v) is 3.51. The Labute approximate surface area is 121 Å². The van der Waals surface area contributed by atoms with Gasteiger partial charge >= 0.3 is 0 Å². The van der Waals surface area contributed by atoms with E-state index in [0.29, 0.717) is 0 Å². The van der Waals surface area contributed by atoms with Crippen LogP contribution in [-0.4, -0.2) is 48.9 Å². The Hall–Kier alpha value is -0.970. The lowest BCUT2D eigenvalue weighted by atomic mass is 9.79. The predicted octanol–water partition coefficient (Wildman–Crippen LogP) is 2.10. The average molecular weight is 276 g/mol. The molecule has 3 heterocycles. The molecular weight excluding hydrogens is 252 g/mol. The highest BCUT2D eigenvalue weighted by Gasteiger charge is 2.46. The van der Waals surface area contributed by atoms with Gasteiger partial charge in [-0.15, -0.1) is 0 Å². The molecule has 3 rings (SSSR count). The average Bonchev–Trinajstić information content (AvgIpc) is 2.45. The number of ether oxygens (including phenoxy) is 2. The van der Waals surface area contributed by atoms with Crippen molar-refractivity contribution in [3.05, 3.63) is 30.1 Å². The zero-order valence-electron chi connectivity index (χ0n) is 12.3. The largest absolute Gasteiger partial charge is 0.385 e. The van der Waals surface area contributed by atoms with Crippen molar-refractivity contribution in [2.75, 3.05) is 33.4 Å². The number of likely N-dealkylation sites (tertiary alicyclic amines) is 1. The molecule has 1 aromatic heterocycles. The first kappa shape index (κ1) is 14.0. The van der Waals surface area contributed by atoms with Gasteiger partial charge in [-0.3, -0.25) is 9.88 Å². The molecule has 4 heteroatoms. The van der Waals surface area contributed by atoms with Crippen LogP contribution in [-0.2, 0) is 16.0 Å². The number of nitrogens with zero attached hydrogens (tertiary/aromatic N) is 2. The molecule has 1 aromatic rings. The predicted molar refractivity (Wildman–Crippen MR) is 77.4 cm³/mol. The summed E-state index contributed by atoms with van der Waals surface area (Å²) in [5.74, 6) is 0.770. The first-order valence-corrected chi connectivity index (χ1v) is 7.54. The number of rotatable bonds is 5. The molecule has 2 aliphatic heterocycles. The van der Waals surface area contributed by atoms with Gasteiger partial charge in [0.25, 0.3) is 0 Å². The smallest absolute Gasteiger partial charge is 0.0937 e. The lowest BCUT2D eigenvalue weighted by Gasteiger charge is -2.53. The molecular formula is C16H24N2O2. The lowest BCUT2D eigenvalue weighted by molar-refractivity contribution is -0.182. The van der Waals surface area contributed by atoms with Crippen LogP contribution in [0.15, 0.2) is 24.5 Å². The second-order valence-corrected chi connectivity index (χ2v) is 6.17. The van der Waals surface area contributed by atoms with Gasteiger partial charge in [-0.25, -0.2) is 0 Å². The third kappa shape index (κ3) is 3.19. The Balaban J connectivity index is 1.48. The minimum atomic E-state index is 0.129. The summed E-state index contributed by atoms with van der Waals surface area (Å²) in [6.45, 7) is 4.94. The highest BCUT2D eigenvalue weighted by Crippen LogP contribution is 2.38. The molecule has 2 aliphatic rings. The van der Waals surface area contributed by atoms with E-state index in [1.165, 1.54) is 24.8 Å². The fraction of sp³-hybridized carbons (Fsp3) is 0.688. The van der Waals surface area contributed by atoms with Crippen molar-refractivity contribution in [2.24, 2.45) is 5.92 Å². The molecule has 0 aromatic carbocycles. The van der Waals surface area contributed by atoms with E-state index in [4.69, 9.17) is 9.47 Å². The molecule has 4 nitrogen and oxygen atoms in total. The molecule has 0 bridgehead atoms. The summed E-state index contributed by atoms with van der Waals surface area (Å²) in [5, 5.41) is 0. The van der Waals surface area contributed by atoms with Crippen molar-refractivity contribution in [3.63, 3.8) is 0 Å². The van der Waals surface area contributed by atoms with Gasteiger partial charge in [0.05, 0.1) is 5.60 Å². The molecule has 0 aliphatic carbocycles. The summed E-state index contributed by atoms with van der Waals surface area (Å²) in [7, 11) is 1.79. The van der Waals surface area contributed by atoms with Crippen LogP contribution >= 0.6 is 0 Å². The van der Waals surface area contributed by atoms with Crippen molar-refractivity contribution >= 4 is 0 Å². The second kappa shape index (κ2) is 6.20. The minimum absolute atomic E-state index is 0.129. The number of pyridine rings is 1. The molecule has 0 unspecified atom stereocenters. The maximum Gasteiger partial charge on any atom is 0.0937 e. The zero-order chi connectivity index (χ0) is 13.8. The molecule has 1 atom stereocenters. The standard InChI is InChI=1S/C16H24N2O2/c1-19-8-4-14-5-9-20-16(10-14)12-18(13-16)11-15-2-6-17-7-3-15/h2-3,6-7,14H,4-5,8-13H2,1H3/t14-/m1/s1. The normalized spacial score (nSPS) is 25.6. The Morgan fingerprint density at radius 3 is 2.95 bits per heavy atom. The molecule has 110 valence electrons. The highest BCUT2D eigenvalue weighted by molar-refractivity contribution is 5.12. The molecule has 0 saturated carbocycles. The summed E-state index contributed by atoms with van der Waals surface area (Å²) in [5.41, 5.74) is 1.46. The zero-order valence-corrected chi connectivity index (χ0v) is 12.3. The van der Waals surface area contributed by atoms with Crippen LogP contribution in [0.5, 0.6) is 0 Å². The van der Waals surface area contributed by atoms with Crippen molar-refractivity contribution in [1.29, 1.82) is 0 Å². The van der Waals surface area contributed by atoms with Crippen molar-refractivity contribution in [3.8, 4) is 0 Å². The maximum atomic E-state index is 6.08. The van der Waals surface area contributed by atoms with Crippen LogP contribution in [0.1, 0.15) is 24.8 Å². The minimum Gasteiger partial charge on any atom is -0.385 e. The Morgan fingerprint density at radius 2 is 2.20 bits per heavy atom. The summed E-state index contributed by atoms with van der Waals surface area (Å²) in [6, 6.07) is 4.18. The Kier molecular flexibility index (Phi) is 4.34. The van der Waals surface area contributed by atoms with Crippen LogP contribution in [0.4, 0.5) is 0 Å². The molecule has 2 saturated heterocycles. The quantitative estimate of drug-likeness (QED) is 0.825. The molecule has 0 amide bonds. The van der Waals surface area contributed by atoms with Gasteiger partial charge in [0.2, 0.25) is 0 Å². The topological polar surface area (TPSA) is 34.6 Å². The van der Waals surface area contributed by atoms with E-state index in [9.17, 15) is 0 Å². The van der Waals surface area contributed by atoms with Gasteiger partial charge in [0.1, 0.15) is 0 Å². The molecule has 0 N–H and O–H groups in total. The SMILES string of the molecule is COCC[C@@H]1CCOC2(C1)CN(Cc1ccncc1)C2. The van der Waals surface area contributed by atoms with E-state index >= 15 is 0 Å². The monoisotopic (exact) mass is 276 g/mol. The lowest BCUT2D eigenvalue weighted by Crippen LogP contribution is -2.64. The van der Waals surface area contributed by atoms with Crippen molar-refractivity contribution in [2.45, 2.75) is 31.4 Å². The maximum absolute atomic E-state index is 6.08. The Bertz CT molecular complexity index is 418. The summed E-state index contributed by atoms with van der Waals surface area (Å²) < 4.78 is 11.3. The molecule has 2 fully saturated rings. The van der Waals surface area contributed by atoms with Gasteiger partial charge in [-0.1, -0.05) is 0 Å². The molecule has 1 spiro atoms. The van der Waals surface area contributed by atoms with Gasteiger partial charge < -0.3 is 9.47 Å².